The van der Waals surface area contributed by atoms with Crippen molar-refractivity contribution >= 4 is 12.1 Å². The fourth-order valence-electron chi connectivity index (χ4n) is 1.09. The maximum absolute atomic E-state index is 12.9. The zero-order valence-corrected chi connectivity index (χ0v) is 10.1. The topological polar surface area (TPSA) is 95.9 Å². The monoisotopic (exact) mass is 251 g/mol. The number of alkyl carbamates (subject to hydrolysis) is 1. The van der Waals surface area contributed by atoms with Gasteiger partial charge in [-0.25, -0.2) is 14.0 Å². The van der Waals surface area contributed by atoms with Gasteiger partial charge in [0.2, 0.25) is 6.36 Å². The summed E-state index contributed by atoms with van der Waals surface area (Å²) in [6.07, 6.45) is -2.47. The van der Waals surface area contributed by atoms with Crippen molar-refractivity contribution in [3.8, 4) is 0 Å². The second kappa shape index (κ2) is 6.39. The molecule has 0 radical (unpaired) electrons. The lowest BCUT2D eigenvalue weighted by Crippen LogP contribution is -2.54. The smallest absolute Gasteiger partial charge is 0.410 e. The van der Waals surface area contributed by atoms with Crippen LogP contribution in [0.4, 0.5) is 9.18 Å². The van der Waals surface area contributed by atoms with Gasteiger partial charge in [-0.15, -0.1) is 0 Å². The molecule has 0 aromatic carbocycles. The van der Waals surface area contributed by atoms with Crippen LogP contribution in [0.3, 0.4) is 0 Å². The number of amides is 1. The Morgan fingerprint density at radius 1 is 1.47 bits per heavy atom. The number of halogens is 1. The molecule has 0 aliphatic carbocycles. The standard InChI is InChI=1S/C10H18FNO5/c1-4-5-6(11)17-9(15)12-7(8(13)14)10(2,3)16/h6-7,16H,4-5H2,1-3H3,(H,12,15)(H,13,14). The van der Waals surface area contributed by atoms with Crippen molar-refractivity contribution in [2.75, 3.05) is 0 Å². The summed E-state index contributed by atoms with van der Waals surface area (Å²) in [5.41, 5.74) is -1.68. The predicted molar refractivity (Wildman–Crippen MR) is 57.1 cm³/mol. The molecule has 0 aliphatic rings. The fraction of sp³-hybridized carbons (Fsp3) is 0.800. The van der Waals surface area contributed by atoms with Crippen LogP contribution in [0.25, 0.3) is 0 Å². The van der Waals surface area contributed by atoms with E-state index < -0.39 is 30.1 Å². The Labute approximate surface area is 98.8 Å². The summed E-state index contributed by atoms with van der Waals surface area (Å²) >= 11 is 0. The minimum absolute atomic E-state index is 0.0354. The number of aliphatic hydroxyl groups is 1. The molecule has 0 aliphatic heterocycles. The molecule has 17 heavy (non-hydrogen) atoms. The molecule has 0 saturated heterocycles. The largest absolute Gasteiger partial charge is 0.480 e. The molecule has 2 atom stereocenters. The van der Waals surface area contributed by atoms with Crippen LogP contribution in [0, 0.1) is 0 Å². The van der Waals surface area contributed by atoms with E-state index in [2.05, 4.69) is 4.74 Å². The van der Waals surface area contributed by atoms with Crippen molar-refractivity contribution in [2.45, 2.75) is 51.6 Å². The van der Waals surface area contributed by atoms with Gasteiger partial charge in [0.1, 0.15) is 0 Å². The lowest BCUT2D eigenvalue weighted by Gasteiger charge is -2.26. The molecule has 6 nitrogen and oxygen atoms in total. The molecule has 1 amide bonds. The summed E-state index contributed by atoms with van der Waals surface area (Å²) < 4.78 is 17.2. The van der Waals surface area contributed by atoms with Gasteiger partial charge in [-0.2, -0.15) is 0 Å². The average molecular weight is 251 g/mol. The molecule has 0 aromatic heterocycles. The Morgan fingerprint density at radius 2 is 2.00 bits per heavy atom. The molecular weight excluding hydrogens is 233 g/mol. The maximum atomic E-state index is 12.9. The zero-order valence-electron chi connectivity index (χ0n) is 10.1. The normalized spacial score (nSPS) is 14.9. The van der Waals surface area contributed by atoms with Gasteiger partial charge in [0.25, 0.3) is 0 Å². The van der Waals surface area contributed by atoms with Crippen molar-refractivity contribution in [1.82, 2.24) is 5.32 Å². The van der Waals surface area contributed by atoms with Gasteiger partial charge in [0.15, 0.2) is 6.04 Å². The molecular formula is C10H18FNO5. The first kappa shape index (κ1) is 15.6. The van der Waals surface area contributed by atoms with E-state index in [4.69, 9.17) is 5.11 Å². The highest BCUT2D eigenvalue weighted by atomic mass is 19.1. The summed E-state index contributed by atoms with van der Waals surface area (Å²) in [6.45, 7) is 4.14. The van der Waals surface area contributed by atoms with Crippen molar-refractivity contribution in [3.63, 3.8) is 0 Å². The fourth-order valence-corrected chi connectivity index (χ4v) is 1.09. The number of nitrogens with one attached hydrogen (secondary N) is 1. The molecule has 3 N–H and O–H groups in total. The molecule has 0 saturated carbocycles. The molecule has 0 bridgehead atoms. The van der Waals surface area contributed by atoms with Gasteiger partial charge < -0.3 is 20.3 Å². The van der Waals surface area contributed by atoms with Crippen LogP contribution in [-0.2, 0) is 9.53 Å². The molecule has 100 valence electrons. The quantitative estimate of drug-likeness (QED) is 0.655. The highest BCUT2D eigenvalue weighted by molar-refractivity contribution is 5.81. The van der Waals surface area contributed by atoms with Gasteiger partial charge in [-0.05, 0) is 20.3 Å². The van der Waals surface area contributed by atoms with Crippen LogP contribution in [0.5, 0.6) is 0 Å². The van der Waals surface area contributed by atoms with Crippen LogP contribution in [0.1, 0.15) is 33.6 Å². The Morgan fingerprint density at radius 3 is 2.35 bits per heavy atom. The lowest BCUT2D eigenvalue weighted by molar-refractivity contribution is -0.145. The first-order valence-electron chi connectivity index (χ1n) is 5.24. The van der Waals surface area contributed by atoms with Crippen LogP contribution in [0.15, 0.2) is 0 Å². The second-order valence-electron chi connectivity index (χ2n) is 4.17. The number of ether oxygens (including phenoxy) is 1. The van der Waals surface area contributed by atoms with E-state index in [0.29, 0.717) is 6.42 Å². The number of rotatable bonds is 6. The van der Waals surface area contributed by atoms with Crippen LogP contribution < -0.4 is 5.32 Å². The van der Waals surface area contributed by atoms with E-state index in [1.807, 2.05) is 5.32 Å². The van der Waals surface area contributed by atoms with E-state index in [1.165, 1.54) is 13.8 Å². The van der Waals surface area contributed by atoms with E-state index in [9.17, 15) is 19.1 Å². The minimum Gasteiger partial charge on any atom is -0.480 e. The summed E-state index contributed by atoms with van der Waals surface area (Å²) in [6, 6.07) is -1.57. The second-order valence-corrected chi connectivity index (χ2v) is 4.17. The van der Waals surface area contributed by atoms with E-state index in [1.54, 1.807) is 6.92 Å². The van der Waals surface area contributed by atoms with E-state index in [0.717, 1.165) is 0 Å². The number of carbonyl (C=O) groups is 2. The van der Waals surface area contributed by atoms with E-state index >= 15 is 0 Å². The van der Waals surface area contributed by atoms with Gasteiger partial charge in [-0.3, -0.25) is 0 Å². The Bertz CT molecular complexity index is 276. The third kappa shape index (κ3) is 6.06. The first-order valence-corrected chi connectivity index (χ1v) is 5.24. The Balaban J connectivity index is 4.38. The third-order valence-electron chi connectivity index (χ3n) is 1.97. The zero-order chi connectivity index (χ0) is 13.6. The van der Waals surface area contributed by atoms with Gasteiger partial charge in [0, 0.05) is 6.42 Å². The number of alkyl halides is 1. The maximum Gasteiger partial charge on any atom is 0.410 e. The number of carboxylic acids is 1. The van der Waals surface area contributed by atoms with Gasteiger partial charge >= 0.3 is 12.1 Å². The molecule has 0 fully saturated rings. The first-order chi connectivity index (χ1) is 7.68. The minimum atomic E-state index is -1.78. The highest BCUT2D eigenvalue weighted by Crippen LogP contribution is 2.10. The number of aliphatic carboxylic acids is 1. The molecule has 2 unspecified atom stereocenters. The number of hydrogen-bond acceptors (Lipinski definition) is 4. The van der Waals surface area contributed by atoms with Crippen LogP contribution in [0.2, 0.25) is 0 Å². The Hall–Kier alpha value is -1.37. The van der Waals surface area contributed by atoms with Crippen LogP contribution in [-0.4, -0.2) is 40.3 Å². The van der Waals surface area contributed by atoms with Crippen molar-refractivity contribution in [2.24, 2.45) is 0 Å². The lowest BCUT2D eigenvalue weighted by atomic mass is 9.99. The van der Waals surface area contributed by atoms with Gasteiger partial charge in [0.05, 0.1) is 5.60 Å². The van der Waals surface area contributed by atoms with Gasteiger partial charge in [-0.1, -0.05) is 6.92 Å². The van der Waals surface area contributed by atoms with Crippen molar-refractivity contribution < 1.29 is 28.9 Å². The highest BCUT2D eigenvalue weighted by Gasteiger charge is 2.35. The summed E-state index contributed by atoms with van der Waals surface area (Å²) in [5.74, 6) is -1.43. The predicted octanol–water partition coefficient (Wildman–Crippen LogP) is 1.03. The summed E-state index contributed by atoms with van der Waals surface area (Å²) in [5, 5.41) is 20.2. The van der Waals surface area contributed by atoms with E-state index in [-0.39, 0.29) is 6.42 Å². The number of hydrogen-bond donors (Lipinski definition) is 3. The molecule has 7 heteroatoms. The third-order valence-corrected chi connectivity index (χ3v) is 1.97. The average Bonchev–Trinajstić information content (AvgIpc) is 2.12. The number of carbonyl (C=O) groups excluding carboxylic acids is 1. The summed E-state index contributed by atoms with van der Waals surface area (Å²) in [4.78, 5) is 21.9. The Kier molecular flexibility index (Phi) is 5.87. The summed E-state index contributed by atoms with van der Waals surface area (Å²) in [7, 11) is 0. The SMILES string of the molecule is CCCC(F)OC(=O)NC(C(=O)O)C(C)(C)O. The molecule has 0 spiro atoms. The van der Waals surface area contributed by atoms with Crippen molar-refractivity contribution in [1.29, 1.82) is 0 Å². The van der Waals surface area contributed by atoms with Crippen LogP contribution >= 0.6 is 0 Å². The molecule has 0 rings (SSSR count). The van der Waals surface area contributed by atoms with Crippen molar-refractivity contribution in [3.05, 3.63) is 0 Å². The number of carboxylic acid groups (broad SMARTS) is 1. The molecule has 0 aromatic rings. The molecule has 0 heterocycles.